The number of imidazole rings is 1. The number of rotatable bonds is 5. The quantitative estimate of drug-likeness (QED) is 0.674. The van der Waals surface area contributed by atoms with Gasteiger partial charge < -0.3 is 10.3 Å². The molecular formula is C9H14N4. The molecule has 0 saturated carbocycles. The molecule has 0 saturated heterocycles. The highest BCUT2D eigenvalue weighted by Crippen LogP contribution is 1.99. The van der Waals surface area contributed by atoms with Gasteiger partial charge in [0.1, 0.15) is 0 Å². The zero-order valence-electron chi connectivity index (χ0n) is 7.61. The van der Waals surface area contributed by atoms with E-state index in [0.29, 0.717) is 6.42 Å². The summed E-state index contributed by atoms with van der Waals surface area (Å²) >= 11 is 0. The van der Waals surface area contributed by atoms with E-state index < -0.39 is 0 Å². The normalized spacial score (nSPS) is 9.85. The van der Waals surface area contributed by atoms with Gasteiger partial charge in [0.2, 0.25) is 0 Å². The van der Waals surface area contributed by atoms with Crippen LogP contribution in [0, 0.1) is 11.3 Å². The van der Waals surface area contributed by atoms with Crippen molar-refractivity contribution < 1.29 is 0 Å². The van der Waals surface area contributed by atoms with E-state index in [1.807, 2.05) is 10.8 Å². The maximum atomic E-state index is 8.43. The maximum absolute atomic E-state index is 8.43. The first kappa shape index (κ1) is 9.75. The van der Waals surface area contributed by atoms with Crippen LogP contribution < -0.4 is 5.73 Å². The third kappa shape index (κ3) is 3.26. The highest BCUT2D eigenvalue weighted by atomic mass is 15.0. The molecule has 4 heteroatoms. The van der Waals surface area contributed by atoms with Gasteiger partial charge in [-0.2, -0.15) is 5.26 Å². The monoisotopic (exact) mass is 178 g/mol. The second-order valence-corrected chi connectivity index (χ2v) is 2.93. The minimum Gasteiger partial charge on any atom is -0.337 e. The van der Waals surface area contributed by atoms with Crippen molar-refractivity contribution in [2.45, 2.75) is 25.8 Å². The zero-order valence-corrected chi connectivity index (χ0v) is 7.61. The van der Waals surface area contributed by atoms with Crippen molar-refractivity contribution in [3.8, 4) is 6.07 Å². The first-order valence-corrected chi connectivity index (χ1v) is 4.44. The van der Waals surface area contributed by atoms with Crippen LogP contribution in [0.2, 0.25) is 0 Å². The van der Waals surface area contributed by atoms with E-state index in [1.165, 1.54) is 0 Å². The Morgan fingerprint density at radius 1 is 1.54 bits per heavy atom. The van der Waals surface area contributed by atoms with Crippen molar-refractivity contribution in [3.05, 3.63) is 18.2 Å². The minimum atomic E-state index is 0.393. The van der Waals surface area contributed by atoms with E-state index in [-0.39, 0.29) is 0 Å². The molecule has 0 spiro atoms. The standard InChI is InChI=1S/C9H14N4/c10-4-1-2-6-13-7-9(3-5-11)12-8-13/h7-8H,1-4,6,10H2. The van der Waals surface area contributed by atoms with Crippen molar-refractivity contribution in [2.24, 2.45) is 5.73 Å². The number of nitrogens with two attached hydrogens (primary N) is 1. The van der Waals surface area contributed by atoms with Gasteiger partial charge in [0, 0.05) is 12.7 Å². The average molecular weight is 178 g/mol. The SMILES string of the molecule is N#CCc1cn(CCCCN)cn1. The Balaban J connectivity index is 2.36. The van der Waals surface area contributed by atoms with Gasteiger partial charge in [-0.25, -0.2) is 4.98 Å². The molecule has 70 valence electrons. The Morgan fingerprint density at radius 3 is 3.08 bits per heavy atom. The Hall–Kier alpha value is -1.34. The first-order chi connectivity index (χ1) is 6.36. The van der Waals surface area contributed by atoms with Crippen LogP contribution in [0.1, 0.15) is 18.5 Å². The summed E-state index contributed by atoms with van der Waals surface area (Å²) in [6.07, 6.45) is 6.18. The number of aryl methyl sites for hydroxylation is 1. The minimum absolute atomic E-state index is 0.393. The van der Waals surface area contributed by atoms with Crippen LogP contribution in [0.15, 0.2) is 12.5 Å². The molecule has 0 amide bonds. The van der Waals surface area contributed by atoms with Gasteiger partial charge in [-0.15, -0.1) is 0 Å². The first-order valence-electron chi connectivity index (χ1n) is 4.44. The van der Waals surface area contributed by atoms with E-state index in [9.17, 15) is 0 Å². The summed E-state index contributed by atoms with van der Waals surface area (Å²) in [6.45, 7) is 1.68. The van der Waals surface area contributed by atoms with Crippen molar-refractivity contribution in [2.75, 3.05) is 6.54 Å². The third-order valence-electron chi connectivity index (χ3n) is 1.82. The largest absolute Gasteiger partial charge is 0.337 e. The van der Waals surface area contributed by atoms with E-state index in [1.54, 1.807) is 6.33 Å². The number of hydrogen-bond acceptors (Lipinski definition) is 3. The Kier molecular flexibility index (Phi) is 4.00. The summed E-state index contributed by atoms with van der Waals surface area (Å²) in [4.78, 5) is 4.09. The summed E-state index contributed by atoms with van der Waals surface area (Å²) in [5, 5.41) is 8.43. The Bertz CT molecular complexity index is 284. The Morgan fingerprint density at radius 2 is 2.38 bits per heavy atom. The Labute approximate surface area is 78.0 Å². The fourth-order valence-corrected chi connectivity index (χ4v) is 1.14. The number of aromatic nitrogens is 2. The second-order valence-electron chi connectivity index (χ2n) is 2.93. The molecule has 1 aromatic heterocycles. The molecule has 13 heavy (non-hydrogen) atoms. The van der Waals surface area contributed by atoms with Crippen molar-refractivity contribution in [1.29, 1.82) is 5.26 Å². The smallest absolute Gasteiger partial charge is 0.0949 e. The van der Waals surface area contributed by atoms with Crippen LogP contribution >= 0.6 is 0 Å². The molecule has 0 fully saturated rings. The van der Waals surface area contributed by atoms with E-state index in [2.05, 4.69) is 11.1 Å². The lowest BCUT2D eigenvalue weighted by Gasteiger charge is -1.98. The zero-order chi connectivity index (χ0) is 9.52. The molecule has 0 atom stereocenters. The maximum Gasteiger partial charge on any atom is 0.0949 e. The van der Waals surface area contributed by atoms with E-state index in [0.717, 1.165) is 31.6 Å². The van der Waals surface area contributed by atoms with Crippen molar-refractivity contribution >= 4 is 0 Å². The number of unbranched alkanes of at least 4 members (excludes halogenated alkanes) is 1. The van der Waals surface area contributed by atoms with Crippen molar-refractivity contribution in [1.82, 2.24) is 9.55 Å². The van der Waals surface area contributed by atoms with Crippen LogP contribution in [-0.4, -0.2) is 16.1 Å². The van der Waals surface area contributed by atoms with Crippen molar-refractivity contribution in [3.63, 3.8) is 0 Å². The molecule has 1 rings (SSSR count). The molecule has 1 aromatic rings. The highest BCUT2D eigenvalue weighted by Gasteiger charge is 1.96. The lowest BCUT2D eigenvalue weighted by Crippen LogP contribution is -2.01. The lowest BCUT2D eigenvalue weighted by molar-refractivity contribution is 0.614. The van der Waals surface area contributed by atoms with Gasteiger partial charge in [-0.1, -0.05) is 0 Å². The molecule has 0 aliphatic rings. The van der Waals surface area contributed by atoms with Crippen LogP contribution in [0.25, 0.3) is 0 Å². The van der Waals surface area contributed by atoms with Gasteiger partial charge in [0.05, 0.1) is 24.5 Å². The van der Waals surface area contributed by atoms with Gasteiger partial charge in [-0.05, 0) is 19.4 Å². The molecule has 1 heterocycles. The summed E-state index contributed by atoms with van der Waals surface area (Å²) in [7, 11) is 0. The topological polar surface area (TPSA) is 67.6 Å². The highest BCUT2D eigenvalue weighted by molar-refractivity contribution is 5.02. The average Bonchev–Trinajstić information content (AvgIpc) is 2.54. The fourth-order valence-electron chi connectivity index (χ4n) is 1.14. The van der Waals surface area contributed by atoms with Gasteiger partial charge in [0.15, 0.2) is 0 Å². The van der Waals surface area contributed by atoms with Crippen LogP contribution in [-0.2, 0) is 13.0 Å². The van der Waals surface area contributed by atoms with Crippen LogP contribution in [0.4, 0.5) is 0 Å². The fraction of sp³-hybridized carbons (Fsp3) is 0.556. The molecule has 0 bridgehead atoms. The van der Waals surface area contributed by atoms with Gasteiger partial charge >= 0.3 is 0 Å². The summed E-state index contributed by atoms with van der Waals surface area (Å²) in [6, 6.07) is 2.07. The van der Waals surface area contributed by atoms with E-state index in [4.69, 9.17) is 11.0 Å². The lowest BCUT2D eigenvalue weighted by atomic mass is 10.3. The molecular weight excluding hydrogens is 164 g/mol. The van der Waals surface area contributed by atoms with E-state index >= 15 is 0 Å². The molecule has 0 aromatic carbocycles. The third-order valence-corrected chi connectivity index (χ3v) is 1.82. The molecule has 0 radical (unpaired) electrons. The predicted octanol–water partition coefficient (Wildman–Crippen LogP) is 0.688. The molecule has 0 unspecified atom stereocenters. The number of nitriles is 1. The number of nitrogens with zero attached hydrogens (tertiary/aromatic N) is 3. The van der Waals surface area contributed by atoms with Gasteiger partial charge in [-0.3, -0.25) is 0 Å². The van der Waals surface area contributed by atoms with Crippen LogP contribution in [0.5, 0.6) is 0 Å². The van der Waals surface area contributed by atoms with Gasteiger partial charge in [0.25, 0.3) is 0 Å². The van der Waals surface area contributed by atoms with Crippen LogP contribution in [0.3, 0.4) is 0 Å². The molecule has 4 nitrogen and oxygen atoms in total. The molecule has 0 aliphatic carbocycles. The second kappa shape index (κ2) is 5.33. The molecule has 2 N–H and O–H groups in total. The summed E-state index contributed by atoms with van der Waals surface area (Å²) in [5.41, 5.74) is 6.22. The summed E-state index contributed by atoms with van der Waals surface area (Å²) in [5.74, 6) is 0. The predicted molar refractivity (Wildman–Crippen MR) is 49.8 cm³/mol. The summed E-state index contributed by atoms with van der Waals surface area (Å²) < 4.78 is 2.00. The number of hydrogen-bond donors (Lipinski definition) is 1. The molecule has 0 aliphatic heterocycles.